The van der Waals surface area contributed by atoms with E-state index in [-0.39, 0.29) is 11.8 Å². The number of hydrogen-bond donors (Lipinski definition) is 1. The Morgan fingerprint density at radius 1 is 1.35 bits per heavy atom. The zero-order chi connectivity index (χ0) is 14.7. The molecule has 0 atom stereocenters. The first-order chi connectivity index (χ1) is 9.49. The van der Waals surface area contributed by atoms with Crippen LogP contribution in [-0.2, 0) is 0 Å². The topological polar surface area (TPSA) is 75.2 Å². The number of carbonyl (C=O) groups excluding carboxylic acids is 2. The van der Waals surface area contributed by atoms with Gasteiger partial charge < -0.3 is 4.90 Å². The molecule has 6 nitrogen and oxygen atoms in total. The zero-order valence-electron chi connectivity index (χ0n) is 11.4. The molecule has 0 aromatic carbocycles. The number of nitrogens with zero attached hydrogens (tertiary/aromatic N) is 3. The van der Waals surface area contributed by atoms with Crippen LogP contribution >= 0.6 is 11.3 Å². The normalized spacial score (nSPS) is 10.2. The monoisotopic (exact) mass is 290 g/mol. The van der Waals surface area contributed by atoms with E-state index in [0.717, 1.165) is 11.3 Å². The molecular formula is C13H14N4O2S. The summed E-state index contributed by atoms with van der Waals surface area (Å²) >= 11 is 1.16. The Morgan fingerprint density at radius 3 is 2.70 bits per heavy atom. The Hall–Kier alpha value is -2.28. The van der Waals surface area contributed by atoms with E-state index in [1.807, 2.05) is 0 Å². The Labute approximate surface area is 120 Å². The van der Waals surface area contributed by atoms with Gasteiger partial charge in [-0.15, -0.1) is 0 Å². The Kier molecular flexibility index (Phi) is 4.09. The van der Waals surface area contributed by atoms with Gasteiger partial charge in [0.2, 0.25) is 0 Å². The van der Waals surface area contributed by atoms with Gasteiger partial charge in [0.1, 0.15) is 4.88 Å². The van der Waals surface area contributed by atoms with Gasteiger partial charge in [-0.1, -0.05) is 11.3 Å². The predicted molar refractivity (Wildman–Crippen MR) is 77.1 cm³/mol. The van der Waals surface area contributed by atoms with Crippen LogP contribution in [0.2, 0.25) is 0 Å². The van der Waals surface area contributed by atoms with Gasteiger partial charge in [-0.2, -0.15) is 0 Å². The van der Waals surface area contributed by atoms with Crippen molar-refractivity contribution in [1.82, 2.24) is 14.9 Å². The maximum absolute atomic E-state index is 12.0. The smallest absolute Gasteiger partial charge is 0.265 e. The average Bonchev–Trinajstić information content (AvgIpc) is 2.79. The molecule has 0 aliphatic heterocycles. The highest BCUT2D eigenvalue weighted by Crippen LogP contribution is 2.23. The van der Waals surface area contributed by atoms with Gasteiger partial charge in [0, 0.05) is 26.5 Å². The lowest BCUT2D eigenvalue weighted by Crippen LogP contribution is -2.21. The van der Waals surface area contributed by atoms with Crippen molar-refractivity contribution in [2.24, 2.45) is 0 Å². The van der Waals surface area contributed by atoms with Crippen molar-refractivity contribution in [3.8, 4) is 0 Å². The van der Waals surface area contributed by atoms with Gasteiger partial charge in [0.05, 0.1) is 11.3 Å². The van der Waals surface area contributed by atoms with E-state index in [1.54, 1.807) is 39.3 Å². The van der Waals surface area contributed by atoms with E-state index in [0.29, 0.717) is 21.3 Å². The number of aryl methyl sites for hydroxylation is 1. The van der Waals surface area contributed by atoms with Crippen LogP contribution in [0.5, 0.6) is 0 Å². The van der Waals surface area contributed by atoms with Crippen LogP contribution in [0.25, 0.3) is 0 Å². The molecule has 2 aromatic rings. The number of carbonyl (C=O) groups is 2. The van der Waals surface area contributed by atoms with E-state index in [2.05, 4.69) is 15.3 Å². The second-order valence-electron chi connectivity index (χ2n) is 4.33. The predicted octanol–water partition coefficient (Wildman–Crippen LogP) is 1.80. The first-order valence-corrected chi connectivity index (χ1v) is 6.71. The van der Waals surface area contributed by atoms with Gasteiger partial charge in [0.15, 0.2) is 5.13 Å². The maximum atomic E-state index is 12.0. The number of amides is 2. The average molecular weight is 290 g/mol. The Morgan fingerprint density at radius 2 is 2.10 bits per heavy atom. The molecule has 0 aliphatic rings. The second kappa shape index (κ2) is 5.79. The molecular weight excluding hydrogens is 276 g/mol. The molecule has 0 spiro atoms. The molecule has 7 heteroatoms. The van der Waals surface area contributed by atoms with Gasteiger partial charge in [-0.25, -0.2) is 4.98 Å². The molecule has 0 bridgehead atoms. The molecule has 0 unspecified atom stereocenters. The fraction of sp³-hybridized carbons (Fsp3) is 0.231. The molecule has 2 amide bonds. The number of anilines is 1. The largest absolute Gasteiger partial charge is 0.344 e. The van der Waals surface area contributed by atoms with Crippen molar-refractivity contribution >= 4 is 28.3 Å². The van der Waals surface area contributed by atoms with Crippen LogP contribution in [0.15, 0.2) is 24.5 Å². The quantitative estimate of drug-likeness (QED) is 0.935. The van der Waals surface area contributed by atoms with Crippen molar-refractivity contribution in [2.75, 3.05) is 19.4 Å². The number of hydrogen-bond acceptors (Lipinski definition) is 5. The standard InChI is InChI=1S/C13H14N4O2S/c1-8-10(12(19)17(2)3)20-13(15-8)16-11(18)9-5-4-6-14-7-9/h4-7H,1-3H3,(H,15,16,18). The van der Waals surface area contributed by atoms with Crippen molar-refractivity contribution in [1.29, 1.82) is 0 Å². The first kappa shape index (κ1) is 14.1. The molecule has 104 valence electrons. The molecule has 0 saturated carbocycles. The summed E-state index contributed by atoms with van der Waals surface area (Å²) in [6.45, 7) is 1.74. The molecule has 2 heterocycles. The number of aromatic nitrogens is 2. The molecule has 0 radical (unpaired) electrons. The third-order valence-electron chi connectivity index (χ3n) is 2.54. The fourth-order valence-corrected chi connectivity index (χ4v) is 2.50. The minimum Gasteiger partial charge on any atom is -0.344 e. The minimum atomic E-state index is -0.296. The van der Waals surface area contributed by atoms with E-state index in [1.165, 1.54) is 11.1 Å². The lowest BCUT2D eigenvalue weighted by Gasteiger charge is -2.07. The molecule has 0 saturated heterocycles. The summed E-state index contributed by atoms with van der Waals surface area (Å²) in [7, 11) is 3.35. The van der Waals surface area contributed by atoms with Crippen LogP contribution < -0.4 is 5.32 Å². The third-order valence-corrected chi connectivity index (χ3v) is 3.60. The summed E-state index contributed by atoms with van der Waals surface area (Å²) in [6.07, 6.45) is 3.07. The number of thiazole rings is 1. The summed E-state index contributed by atoms with van der Waals surface area (Å²) in [5.74, 6) is -0.419. The van der Waals surface area contributed by atoms with Crippen molar-refractivity contribution in [2.45, 2.75) is 6.92 Å². The maximum Gasteiger partial charge on any atom is 0.265 e. The number of rotatable bonds is 3. The van der Waals surface area contributed by atoms with Gasteiger partial charge in [-0.3, -0.25) is 19.9 Å². The Balaban J connectivity index is 2.17. The summed E-state index contributed by atoms with van der Waals surface area (Å²) in [5, 5.41) is 3.08. The zero-order valence-corrected chi connectivity index (χ0v) is 12.2. The van der Waals surface area contributed by atoms with E-state index in [9.17, 15) is 9.59 Å². The highest BCUT2D eigenvalue weighted by Gasteiger charge is 2.18. The molecule has 1 N–H and O–H groups in total. The second-order valence-corrected chi connectivity index (χ2v) is 5.33. The van der Waals surface area contributed by atoms with Crippen molar-refractivity contribution in [3.05, 3.63) is 40.7 Å². The van der Waals surface area contributed by atoms with Crippen LogP contribution in [0.1, 0.15) is 25.7 Å². The van der Waals surface area contributed by atoms with Gasteiger partial charge in [-0.05, 0) is 19.1 Å². The van der Waals surface area contributed by atoms with Crippen LogP contribution in [0.3, 0.4) is 0 Å². The van der Waals surface area contributed by atoms with E-state index in [4.69, 9.17) is 0 Å². The van der Waals surface area contributed by atoms with Crippen molar-refractivity contribution < 1.29 is 9.59 Å². The van der Waals surface area contributed by atoms with E-state index < -0.39 is 0 Å². The first-order valence-electron chi connectivity index (χ1n) is 5.89. The minimum absolute atomic E-state index is 0.123. The third kappa shape index (κ3) is 3.00. The molecule has 2 rings (SSSR count). The molecule has 2 aromatic heterocycles. The highest BCUT2D eigenvalue weighted by molar-refractivity contribution is 7.17. The lowest BCUT2D eigenvalue weighted by molar-refractivity contribution is 0.0831. The molecule has 20 heavy (non-hydrogen) atoms. The van der Waals surface area contributed by atoms with Crippen LogP contribution in [-0.4, -0.2) is 40.8 Å². The lowest BCUT2D eigenvalue weighted by atomic mass is 10.3. The Bertz CT molecular complexity index is 637. The molecule has 0 aliphatic carbocycles. The fourth-order valence-electron chi connectivity index (χ4n) is 1.52. The van der Waals surface area contributed by atoms with E-state index >= 15 is 0 Å². The SMILES string of the molecule is Cc1nc(NC(=O)c2cccnc2)sc1C(=O)N(C)C. The summed E-state index contributed by atoms with van der Waals surface area (Å²) in [4.78, 5) is 34.0. The number of nitrogens with one attached hydrogen (secondary N) is 1. The summed E-state index contributed by atoms with van der Waals surface area (Å²) in [6, 6.07) is 3.34. The van der Waals surface area contributed by atoms with Gasteiger partial charge >= 0.3 is 0 Å². The van der Waals surface area contributed by atoms with Crippen molar-refractivity contribution in [3.63, 3.8) is 0 Å². The summed E-state index contributed by atoms with van der Waals surface area (Å²) in [5.41, 5.74) is 1.05. The van der Waals surface area contributed by atoms with Crippen LogP contribution in [0.4, 0.5) is 5.13 Å². The van der Waals surface area contributed by atoms with Gasteiger partial charge in [0.25, 0.3) is 11.8 Å². The summed E-state index contributed by atoms with van der Waals surface area (Å²) < 4.78 is 0. The van der Waals surface area contributed by atoms with Crippen LogP contribution in [0, 0.1) is 6.92 Å². The number of pyridine rings is 1. The molecule has 0 fully saturated rings. The highest BCUT2D eigenvalue weighted by atomic mass is 32.1.